The molecule has 118 valence electrons. The molecule has 6 nitrogen and oxygen atoms in total. The first kappa shape index (κ1) is 17.2. The van der Waals surface area contributed by atoms with Crippen molar-refractivity contribution in [3.05, 3.63) is 0 Å². The number of nitrogens with one attached hydrogen (secondary N) is 2. The van der Waals surface area contributed by atoms with E-state index in [2.05, 4.69) is 22.6 Å². The van der Waals surface area contributed by atoms with Crippen LogP contribution in [0, 0.1) is 17.4 Å². The summed E-state index contributed by atoms with van der Waals surface area (Å²) in [7, 11) is 3.03. The number of amides is 1. The Morgan fingerprint density at radius 3 is 2.52 bits per heavy atom. The van der Waals surface area contributed by atoms with E-state index in [0.29, 0.717) is 19.3 Å². The molecule has 1 rings (SSSR count). The van der Waals surface area contributed by atoms with E-state index in [0.717, 1.165) is 0 Å². The highest BCUT2D eigenvalue weighted by atomic mass is 16.6. The normalized spacial score (nSPS) is 24.5. The summed E-state index contributed by atoms with van der Waals surface area (Å²) in [6, 6.07) is 2.57. The predicted octanol–water partition coefficient (Wildman–Crippen LogP) is 1.40. The average Bonchev–Trinajstić information content (AvgIpc) is 2.77. The summed E-state index contributed by atoms with van der Waals surface area (Å²) in [6.07, 6.45) is 1.16. The molecule has 1 aliphatic rings. The molecule has 0 aromatic carbocycles. The van der Waals surface area contributed by atoms with Gasteiger partial charge in [0.1, 0.15) is 11.0 Å². The molecular formula is C15H24N2O4. The highest BCUT2D eigenvalue weighted by molar-refractivity contribution is 5.81. The van der Waals surface area contributed by atoms with E-state index in [9.17, 15) is 9.59 Å². The molecular weight excluding hydrogens is 272 g/mol. The largest absolute Gasteiger partial charge is 0.468 e. The molecule has 0 saturated heterocycles. The summed E-state index contributed by atoms with van der Waals surface area (Å²) in [4.78, 5) is 23.8. The molecule has 2 unspecified atom stereocenters. The van der Waals surface area contributed by atoms with Gasteiger partial charge in [-0.15, -0.1) is 0 Å². The van der Waals surface area contributed by atoms with Gasteiger partial charge in [0.2, 0.25) is 0 Å². The van der Waals surface area contributed by atoms with E-state index in [-0.39, 0.29) is 12.0 Å². The summed E-state index contributed by atoms with van der Waals surface area (Å²) in [6.45, 7) is 5.41. The predicted molar refractivity (Wildman–Crippen MR) is 78.3 cm³/mol. The van der Waals surface area contributed by atoms with Crippen molar-refractivity contribution in [2.24, 2.45) is 5.41 Å². The van der Waals surface area contributed by atoms with Gasteiger partial charge in [-0.05, 0) is 40.0 Å². The number of esters is 1. The third-order valence-corrected chi connectivity index (χ3v) is 3.24. The first-order valence-electron chi connectivity index (χ1n) is 6.99. The van der Waals surface area contributed by atoms with Crippen molar-refractivity contribution >= 4 is 12.1 Å². The second-order valence-corrected chi connectivity index (χ2v) is 6.16. The van der Waals surface area contributed by atoms with Gasteiger partial charge in [0.25, 0.3) is 0 Å². The summed E-state index contributed by atoms with van der Waals surface area (Å²) in [5.41, 5.74) is -1.41. The maximum Gasteiger partial charge on any atom is 0.407 e. The van der Waals surface area contributed by atoms with Crippen LogP contribution in [0.4, 0.5) is 4.79 Å². The molecule has 21 heavy (non-hydrogen) atoms. The molecule has 2 N–H and O–H groups in total. The zero-order valence-electron chi connectivity index (χ0n) is 13.3. The molecule has 2 atom stereocenters. The van der Waals surface area contributed by atoms with Gasteiger partial charge in [-0.1, -0.05) is 5.92 Å². The fourth-order valence-electron chi connectivity index (χ4n) is 2.37. The molecule has 0 bridgehead atoms. The molecule has 1 aliphatic carbocycles. The molecule has 0 radical (unpaired) electrons. The molecule has 1 amide bonds. The van der Waals surface area contributed by atoms with E-state index in [4.69, 9.17) is 9.47 Å². The fourth-order valence-corrected chi connectivity index (χ4v) is 2.37. The molecule has 0 aliphatic heterocycles. The SMILES string of the molecule is CNC#CC1(C(=O)OC)CCC(NC(=O)OC(C)(C)C)C1. The van der Waals surface area contributed by atoms with Crippen molar-refractivity contribution in [2.45, 2.75) is 51.7 Å². The maximum atomic E-state index is 12.0. The Morgan fingerprint density at radius 1 is 1.33 bits per heavy atom. The Morgan fingerprint density at radius 2 is 2.00 bits per heavy atom. The first-order chi connectivity index (χ1) is 9.72. The Balaban J connectivity index is 2.71. The average molecular weight is 296 g/mol. The summed E-state index contributed by atoms with van der Waals surface area (Å²) < 4.78 is 10.1. The minimum atomic E-state index is -0.864. The van der Waals surface area contributed by atoms with Crippen molar-refractivity contribution in [2.75, 3.05) is 14.2 Å². The minimum Gasteiger partial charge on any atom is -0.468 e. The number of hydrogen-bond donors (Lipinski definition) is 2. The highest BCUT2D eigenvalue weighted by Gasteiger charge is 2.46. The Hall–Kier alpha value is -1.90. The van der Waals surface area contributed by atoms with Gasteiger partial charge in [0.05, 0.1) is 7.11 Å². The second kappa shape index (κ2) is 6.70. The maximum absolute atomic E-state index is 12.0. The van der Waals surface area contributed by atoms with Crippen LogP contribution in [0.3, 0.4) is 0 Å². The minimum absolute atomic E-state index is 0.148. The summed E-state index contributed by atoms with van der Waals surface area (Å²) in [5.74, 6) is 2.56. The zero-order chi connectivity index (χ0) is 16.1. The lowest BCUT2D eigenvalue weighted by Crippen LogP contribution is -2.39. The summed E-state index contributed by atoms with van der Waals surface area (Å²) >= 11 is 0. The fraction of sp³-hybridized carbons (Fsp3) is 0.733. The van der Waals surface area contributed by atoms with Gasteiger partial charge in [-0.3, -0.25) is 4.79 Å². The standard InChI is InChI=1S/C15H24N2O4/c1-14(2,3)21-13(19)17-11-6-7-15(10-11,8-9-16-4)12(18)20-5/h11,16H,6-7,10H2,1-5H3,(H,17,19). The lowest BCUT2D eigenvalue weighted by Gasteiger charge is -2.23. The number of carbonyl (C=O) groups is 2. The van der Waals surface area contributed by atoms with Crippen molar-refractivity contribution in [3.8, 4) is 12.0 Å². The number of hydrogen-bond acceptors (Lipinski definition) is 5. The first-order valence-corrected chi connectivity index (χ1v) is 6.99. The molecule has 1 saturated carbocycles. The van der Waals surface area contributed by atoms with Crippen LogP contribution >= 0.6 is 0 Å². The van der Waals surface area contributed by atoms with Crippen LogP contribution in [-0.2, 0) is 14.3 Å². The number of rotatable bonds is 2. The molecule has 0 aromatic rings. The molecule has 0 aromatic heterocycles. The molecule has 6 heteroatoms. The van der Waals surface area contributed by atoms with Crippen molar-refractivity contribution in [1.82, 2.24) is 10.6 Å². The number of carbonyl (C=O) groups excluding carboxylic acids is 2. The van der Waals surface area contributed by atoms with Crippen molar-refractivity contribution in [1.29, 1.82) is 0 Å². The van der Waals surface area contributed by atoms with E-state index in [1.165, 1.54) is 7.11 Å². The van der Waals surface area contributed by atoms with E-state index in [1.54, 1.807) is 27.8 Å². The van der Waals surface area contributed by atoms with Crippen LogP contribution < -0.4 is 10.6 Å². The third kappa shape index (κ3) is 4.85. The van der Waals surface area contributed by atoms with Gasteiger partial charge in [0.15, 0.2) is 0 Å². The number of ether oxygens (including phenoxy) is 2. The Bertz CT molecular complexity index is 459. The molecule has 0 heterocycles. The Labute approximate surface area is 125 Å². The van der Waals surface area contributed by atoms with E-state index < -0.39 is 17.1 Å². The van der Waals surface area contributed by atoms with Crippen molar-refractivity contribution in [3.63, 3.8) is 0 Å². The van der Waals surface area contributed by atoms with Crippen LogP contribution in [0.15, 0.2) is 0 Å². The Kier molecular flexibility index (Phi) is 5.47. The van der Waals surface area contributed by atoms with E-state index in [1.807, 2.05) is 0 Å². The third-order valence-electron chi connectivity index (χ3n) is 3.24. The quantitative estimate of drug-likeness (QED) is 0.458. The van der Waals surface area contributed by atoms with Crippen LogP contribution in [0.2, 0.25) is 0 Å². The highest BCUT2D eigenvalue weighted by Crippen LogP contribution is 2.39. The molecule has 0 spiro atoms. The van der Waals surface area contributed by atoms with Crippen LogP contribution in [0.25, 0.3) is 0 Å². The smallest absolute Gasteiger partial charge is 0.407 e. The number of alkyl carbamates (subject to hydrolysis) is 1. The number of methoxy groups -OCH3 is 1. The topological polar surface area (TPSA) is 76.7 Å². The van der Waals surface area contributed by atoms with E-state index >= 15 is 0 Å². The lowest BCUT2D eigenvalue weighted by molar-refractivity contribution is -0.149. The second-order valence-electron chi connectivity index (χ2n) is 6.16. The van der Waals surface area contributed by atoms with Crippen LogP contribution in [-0.4, -0.2) is 37.9 Å². The van der Waals surface area contributed by atoms with Gasteiger partial charge in [-0.2, -0.15) is 0 Å². The van der Waals surface area contributed by atoms with Crippen LogP contribution in [0.1, 0.15) is 40.0 Å². The van der Waals surface area contributed by atoms with Gasteiger partial charge in [0, 0.05) is 19.1 Å². The molecule has 1 fully saturated rings. The van der Waals surface area contributed by atoms with Gasteiger partial charge >= 0.3 is 12.1 Å². The van der Waals surface area contributed by atoms with Crippen LogP contribution in [0.5, 0.6) is 0 Å². The lowest BCUT2D eigenvalue weighted by atomic mass is 9.87. The van der Waals surface area contributed by atoms with Crippen molar-refractivity contribution < 1.29 is 19.1 Å². The zero-order valence-corrected chi connectivity index (χ0v) is 13.3. The van der Waals surface area contributed by atoms with Gasteiger partial charge < -0.3 is 20.1 Å². The monoisotopic (exact) mass is 296 g/mol. The van der Waals surface area contributed by atoms with Gasteiger partial charge in [-0.25, -0.2) is 4.79 Å². The summed E-state index contributed by atoms with van der Waals surface area (Å²) in [5, 5.41) is 5.49.